The third kappa shape index (κ3) is 4.77. The van der Waals surface area contributed by atoms with Crippen molar-refractivity contribution in [2.24, 2.45) is 0 Å². The Kier molecular flexibility index (Phi) is 6.53. The molecule has 1 heterocycles. The van der Waals surface area contributed by atoms with Crippen molar-refractivity contribution in [1.82, 2.24) is 15.1 Å². The normalized spacial score (nSPS) is 18.7. The summed E-state index contributed by atoms with van der Waals surface area (Å²) in [6.07, 6.45) is 8.05. The molecule has 0 spiro atoms. The molecule has 0 unspecified atom stereocenters. The summed E-state index contributed by atoms with van der Waals surface area (Å²) in [4.78, 5) is 28.8. The van der Waals surface area contributed by atoms with Gasteiger partial charge in [-0.05, 0) is 37.0 Å². The van der Waals surface area contributed by atoms with E-state index in [9.17, 15) is 9.59 Å². The van der Waals surface area contributed by atoms with Gasteiger partial charge in [-0.25, -0.2) is 4.79 Å². The van der Waals surface area contributed by atoms with Gasteiger partial charge >= 0.3 is 6.03 Å². The number of hydrogen-bond donors (Lipinski definition) is 1. The number of carbonyl (C=O) groups excluding carboxylic acids is 2. The van der Waals surface area contributed by atoms with Crippen LogP contribution in [0, 0.1) is 0 Å². The van der Waals surface area contributed by atoms with Gasteiger partial charge in [0.05, 0.1) is 0 Å². The van der Waals surface area contributed by atoms with Crippen molar-refractivity contribution in [2.45, 2.75) is 57.9 Å². The maximum absolute atomic E-state index is 12.7. The van der Waals surface area contributed by atoms with Crippen LogP contribution in [0.1, 0.15) is 61.4 Å². The molecular formula is C21H31N3O2. The summed E-state index contributed by atoms with van der Waals surface area (Å²) in [7, 11) is 0. The summed E-state index contributed by atoms with van der Waals surface area (Å²) in [5.41, 5.74) is 2.01. The first kappa shape index (κ1) is 18.7. The van der Waals surface area contributed by atoms with Crippen LogP contribution in [-0.2, 0) is 6.42 Å². The number of urea groups is 1. The smallest absolute Gasteiger partial charge is 0.317 e. The first-order chi connectivity index (χ1) is 12.7. The van der Waals surface area contributed by atoms with Crippen LogP contribution in [0.25, 0.3) is 0 Å². The second kappa shape index (κ2) is 9.06. The van der Waals surface area contributed by atoms with Crippen molar-refractivity contribution >= 4 is 11.9 Å². The summed E-state index contributed by atoms with van der Waals surface area (Å²) in [6, 6.07) is 8.31. The number of piperazine rings is 1. The van der Waals surface area contributed by atoms with Crippen molar-refractivity contribution in [1.29, 1.82) is 0 Å². The zero-order valence-electron chi connectivity index (χ0n) is 15.9. The summed E-state index contributed by atoms with van der Waals surface area (Å²) in [6.45, 7) is 4.58. The second-order valence-electron chi connectivity index (χ2n) is 7.51. The molecule has 2 aliphatic rings. The lowest BCUT2D eigenvalue weighted by atomic mass is 9.96. The van der Waals surface area contributed by atoms with E-state index < -0.39 is 0 Å². The molecule has 142 valence electrons. The molecule has 1 saturated carbocycles. The van der Waals surface area contributed by atoms with Crippen molar-refractivity contribution in [3.63, 3.8) is 0 Å². The van der Waals surface area contributed by atoms with Gasteiger partial charge in [-0.2, -0.15) is 0 Å². The first-order valence-electron chi connectivity index (χ1n) is 10.1. The van der Waals surface area contributed by atoms with Gasteiger partial charge in [-0.3, -0.25) is 4.79 Å². The molecular weight excluding hydrogens is 326 g/mol. The third-order valence-electron chi connectivity index (χ3n) is 5.53. The molecule has 3 rings (SSSR count). The minimum atomic E-state index is 0.0351. The molecule has 0 radical (unpaired) electrons. The van der Waals surface area contributed by atoms with Gasteiger partial charge in [0.2, 0.25) is 0 Å². The van der Waals surface area contributed by atoms with Gasteiger partial charge in [0, 0.05) is 37.8 Å². The van der Waals surface area contributed by atoms with E-state index in [1.54, 1.807) is 0 Å². The first-order valence-corrected chi connectivity index (χ1v) is 10.1. The van der Waals surface area contributed by atoms with Crippen LogP contribution < -0.4 is 5.32 Å². The summed E-state index contributed by atoms with van der Waals surface area (Å²) < 4.78 is 0. The van der Waals surface area contributed by atoms with Gasteiger partial charge in [0.25, 0.3) is 5.91 Å². The number of carbonyl (C=O) groups is 2. The fourth-order valence-electron chi connectivity index (χ4n) is 3.91. The minimum Gasteiger partial charge on any atom is -0.335 e. The van der Waals surface area contributed by atoms with E-state index in [1.165, 1.54) is 24.8 Å². The Morgan fingerprint density at radius 3 is 2.19 bits per heavy atom. The molecule has 1 N–H and O–H groups in total. The predicted octanol–water partition coefficient (Wildman–Crippen LogP) is 3.44. The molecule has 0 bridgehead atoms. The fraction of sp³-hybridized carbons (Fsp3) is 0.619. The van der Waals surface area contributed by atoms with Crippen LogP contribution in [-0.4, -0.2) is 54.0 Å². The molecule has 2 fully saturated rings. The molecule has 3 amide bonds. The molecule has 0 atom stereocenters. The van der Waals surface area contributed by atoms with Crippen LogP contribution in [0.15, 0.2) is 24.3 Å². The van der Waals surface area contributed by atoms with Crippen LogP contribution in [0.5, 0.6) is 0 Å². The Bertz CT molecular complexity index is 600. The lowest BCUT2D eigenvalue weighted by molar-refractivity contribution is 0.0662. The molecule has 1 aliphatic heterocycles. The SMILES string of the molecule is CCCc1ccc(C(=O)N2CCN(C(=O)NC3CCCCC3)CC2)cc1. The lowest BCUT2D eigenvalue weighted by Crippen LogP contribution is -2.54. The van der Waals surface area contributed by atoms with E-state index in [2.05, 4.69) is 12.2 Å². The summed E-state index contributed by atoms with van der Waals surface area (Å²) >= 11 is 0. The lowest BCUT2D eigenvalue weighted by Gasteiger charge is -2.36. The molecule has 5 nitrogen and oxygen atoms in total. The van der Waals surface area contributed by atoms with Gasteiger partial charge in [0.15, 0.2) is 0 Å². The molecule has 26 heavy (non-hydrogen) atoms. The fourth-order valence-corrected chi connectivity index (χ4v) is 3.91. The highest BCUT2D eigenvalue weighted by Gasteiger charge is 2.26. The highest BCUT2D eigenvalue weighted by molar-refractivity contribution is 5.94. The van der Waals surface area contributed by atoms with E-state index in [0.29, 0.717) is 32.2 Å². The largest absolute Gasteiger partial charge is 0.335 e. The maximum Gasteiger partial charge on any atom is 0.317 e. The topological polar surface area (TPSA) is 52.7 Å². The average molecular weight is 357 g/mol. The van der Waals surface area contributed by atoms with Gasteiger partial charge in [0.1, 0.15) is 0 Å². The Labute approximate surface area is 156 Å². The Hall–Kier alpha value is -2.04. The van der Waals surface area contributed by atoms with E-state index in [4.69, 9.17) is 0 Å². The van der Waals surface area contributed by atoms with Crippen LogP contribution >= 0.6 is 0 Å². The number of nitrogens with one attached hydrogen (secondary N) is 1. The average Bonchev–Trinajstić information content (AvgIpc) is 2.69. The van der Waals surface area contributed by atoms with Gasteiger partial charge < -0.3 is 15.1 Å². The van der Waals surface area contributed by atoms with Crippen molar-refractivity contribution in [3.05, 3.63) is 35.4 Å². The van der Waals surface area contributed by atoms with Crippen molar-refractivity contribution in [3.8, 4) is 0 Å². The third-order valence-corrected chi connectivity index (χ3v) is 5.53. The number of amides is 3. The number of benzene rings is 1. The van der Waals surface area contributed by atoms with Crippen molar-refractivity contribution < 1.29 is 9.59 Å². The highest BCUT2D eigenvalue weighted by Crippen LogP contribution is 2.18. The Balaban J connectivity index is 1.47. The number of aryl methyl sites for hydroxylation is 1. The number of hydrogen-bond acceptors (Lipinski definition) is 2. The van der Waals surface area contributed by atoms with E-state index in [1.807, 2.05) is 34.1 Å². The number of nitrogens with zero attached hydrogens (tertiary/aromatic N) is 2. The molecule has 1 aliphatic carbocycles. The van der Waals surface area contributed by atoms with Gasteiger partial charge in [-0.15, -0.1) is 0 Å². The van der Waals surface area contributed by atoms with Gasteiger partial charge in [-0.1, -0.05) is 44.7 Å². The summed E-state index contributed by atoms with van der Waals surface area (Å²) in [5.74, 6) is 0.0698. The summed E-state index contributed by atoms with van der Waals surface area (Å²) in [5, 5.41) is 3.17. The second-order valence-corrected chi connectivity index (χ2v) is 7.51. The monoisotopic (exact) mass is 357 g/mol. The Morgan fingerprint density at radius 1 is 0.962 bits per heavy atom. The number of rotatable bonds is 4. The van der Waals surface area contributed by atoms with E-state index >= 15 is 0 Å². The zero-order chi connectivity index (χ0) is 18.4. The maximum atomic E-state index is 12.7. The van der Waals surface area contributed by atoms with E-state index in [-0.39, 0.29) is 11.9 Å². The van der Waals surface area contributed by atoms with Crippen LogP contribution in [0.2, 0.25) is 0 Å². The predicted molar refractivity (Wildman–Crippen MR) is 103 cm³/mol. The standard InChI is InChI=1S/C21H31N3O2/c1-2-6-17-9-11-18(12-10-17)20(25)23-13-15-24(16-14-23)21(26)22-19-7-4-3-5-8-19/h9-12,19H,2-8,13-16H2,1H3,(H,22,26). The minimum absolute atomic E-state index is 0.0351. The quantitative estimate of drug-likeness (QED) is 0.897. The Morgan fingerprint density at radius 2 is 1.58 bits per heavy atom. The van der Waals surface area contributed by atoms with Crippen LogP contribution in [0.4, 0.5) is 4.79 Å². The molecule has 1 aromatic carbocycles. The highest BCUT2D eigenvalue weighted by atomic mass is 16.2. The van der Waals surface area contributed by atoms with E-state index in [0.717, 1.165) is 31.2 Å². The zero-order valence-corrected chi connectivity index (χ0v) is 15.9. The van der Waals surface area contributed by atoms with Crippen LogP contribution in [0.3, 0.4) is 0 Å². The molecule has 1 aromatic rings. The molecule has 5 heteroatoms. The van der Waals surface area contributed by atoms with Crippen molar-refractivity contribution in [2.75, 3.05) is 26.2 Å². The molecule has 0 aromatic heterocycles. The molecule has 1 saturated heterocycles.